The fraction of sp³-hybridized carbons (Fsp3) is 0.522. The number of aliphatic hydroxyl groups excluding tert-OH is 1. The molecule has 13 heteroatoms. The molecule has 0 spiro atoms. The molecule has 2 aliphatic carbocycles. The molecule has 0 saturated heterocycles. The summed E-state index contributed by atoms with van der Waals surface area (Å²) in [5.74, 6) is -0.380. The van der Waals surface area contributed by atoms with Crippen molar-refractivity contribution in [3.05, 3.63) is 23.5 Å². The maximum absolute atomic E-state index is 12.8. The molecule has 0 radical (unpaired) electrons. The van der Waals surface area contributed by atoms with Crippen molar-refractivity contribution in [1.82, 2.24) is 15.0 Å². The van der Waals surface area contributed by atoms with Gasteiger partial charge in [0.1, 0.15) is 23.7 Å². The fourth-order valence-electron chi connectivity index (χ4n) is 5.00. The number of furan rings is 1. The van der Waals surface area contributed by atoms with Crippen LogP contribution in [0.25, 0.3) is 22.3 Å². The second-order valence-corrected chi connectivity index (χ2v) is 9.26. The molecule has 4 atom stereocenters. The van der Waals surface area contributed by atoms with Gasteiger partial charge in [0, 0.05) is 17.0 Å². The van der Waals surface area contributed by atoms with Crippen molar-refractivity contribution >= 4 is 22.7 Å². The molecule has 194 valence electrons. The third kappa shape index (κ3) is 3.91. The van der Waals surface area contributed by atoms with E-state index in [0.717, 1.165) is 0 Å². The van der Waals surface area contributed by atoms with E-state index in [1.54, 1.807) is 32.9 Å². The Labute approximate surface area is 203 Å². The molecule has 10 nitrogen and oxygen atoms in total. The number of nitrogens with one attached hydrogen (secondary N) is 2. The van der Waals surface area contributed by atoms with Gasteiger partial charge < -0.3 is 35.1 Å². The Morgan fingerprint density at radius 3 is 2.58 bits per heavy atom. The predicted molar refractivity (Wildman–Crippen MR) is 122 cm³/mol. The van der Waals surface area contributed by atoms with Crippen LogP contribution in [-0.4, -0.2) is 67.0 Å². The summed E-state index contributed by atoms with van der Waals surface area (Å²) in [7, 11) is 0. The Hall–Kier alpha value is -3.16. The summed E-state index contributed by atoms with van der Waals surface area (Å²) in [6, 6.07) is 3.47. The van der Waals surface area contributed by atoms with Crippen LogP contribution in [0.2, 0.25) is 0 Å². The van der Waals surface area contributed by atoms with Crippen molar-refractivity contribution in [2.45, 2.75) is 57.2 Å². The molecular weight excluding hydrogens is 483 g/mol. The molecule has 1 unspecified atom stereocenters. The number of aliphatic hydroxyl groups is 3. The maximum Gasteiger partial charge on any atom is 0.405 e. The normalized spacial score (nSPS) is 27.2. The largest absolute Gasteiger partial charge is 0.475 e. The Kier molecular flexibility index (Phi) is 5.57. The summed E-state index contributed by atoms with van der Waals surface area (Å²) in [4.78, 5) is 12.7. The average Bonchev–Trinajstić information content (AvgIpc) is 3.05. The third-order valence-corrected chi connectivity index (χ3v) is 6.75. The molecule has 5 N–H and O–H groups in total. The molecule has 0 bridgehead atoms. The lowest BCUT2D eigenvalue weighted by Gasteiger charge is -2.32. The summed E-state index contributed by atoms with van der Waals surface area (Å²) in [5, 5.41) is 37.8. The number of anilines is 2. The van der Waals surface area contributed by atoms with E-state index in [4.69, 9.17) is 9.15 Å². The molecule has 3 aromatic heterocycles. The monoisotopic (exact) mass is 509 g/mol. The highest BCUT2D eigenvalue weighted by Gasteiger charge is 2.78. The van der Waals surface area contributed by atoms with Gasteiger partial charge in [0.15, 0.2) is 11.3 Å². The van der Waals surface area contributed by atoms with E-state index in [1.807, 2.05) is 0 Å². The first-order valence-electron chi connectivity index (χ1n) is 11.5. The highest BCUT2D eigenvalue weighted by atomic mass is 19.4. The van der Waals surface area contributed by atoms with E-state index in [9.17, 15) is 28.5 Å². The lowest BCUT2D eigenvalue weighted by molar-refractivity contribution is -0.115. The van der Waals surface area contributed by atoms with Crippen molar-refractivity contribution in [2.75, 3.05) is 23.8 Å². The van der Waals surface area contributed by atoms with Crippen molar-refractivity contribution < 1.29 is 37.6 Å². The number of hydrogen-bond donors (Lipinski definition) is 5. The predicted octanol–water partition coefficient (Wildman–Crippen LogP) is 2.89. The molecule has 36 heavy (non-hydrogen) atoms. The van der Waals surface area contributed by atoms with Crippen LogP contribution in [0.15, 0.2) is 16.5 Å². The minimum Gasteiger partial charge on any atom is -0.475 e. The number of fused-ring (bicyclic) bond motifs is 2. The van der Waals surface area contributed by atoms with Crippen LogP contribution in [0.1, 0.15) is 31.2 Å². The van der Waals surface area contributed by atoms with Crippen LogP contribution in [0.3, 0.4) is 0 Å². The summed E-state index contributed by atoms with van der Waals surface area (Å²) >= 11 is 0. The molecule has 5 rings (SSSR count). The average molecular weight is 509 g/mol. The molecule has 3 aromatic rings. The van der Waals surface area contributed by atoms with Crippen LogP contribution >= 0.6 is 0 Å². The molecule has 2 aliphatic rings. The number of pyridine rings is 1. The van der Waals surface area contributed by atoms with Crippen molar-refractivity contribution in [1.29, 1.82) is 0 Å². The van der Waals surface area contributed by atoms with E-state index < -0.39 is 36.1 Å². The van der Waals surface area contributed by atoms with Crippen LogP contribution in [0.5, 0.6) is 5.88 Å². The van der Waals surface area contributed by atoms with E-state index >= 15 is 0 Å². The molecule has 2 saturated carbocycles. The number of aromatic nitrogens is 3. The third-order valence-electron chi connectivity index (χ3n) is 6.75. The minimum absolute atomic E-state index is 0.0652. The quantitative estimate of drug-likeness (QED) is 0.301. The lowest BCUT2D eigenvalue weighted by Crippen LogP contribution is -2.51. The van der Waals surface area contributed by atoms with Crippen LogP contribution in [-0.2, 0) is 0 Å². The number of ether oxygens (including phenoxy) is 1. The highest BCUT2D eigenvalue weighted by Crippen LogP contribution is 2.61. The number of halogens is 3. The van der Waals surface area contributed by atoms with Crippen LogP contribution in [0.4, 0.5) is 24.9 Å². The van der Waals surface area contributed by atoms with Gasteiger partial charge in [-0.25, -0.2) is 9.97 Å². The summed E-state index contributed by atoms with van der Waals surface area (Å²) in [6.07, 6.45) is -5.19. The van der Waals surface area contributed by atoms with Gasteiger partial charge in [-0.2, -0.15) is 18.2 Å². The minimum atomic E-state index is -4.51. The van der Waals surface area contributed by atoms with Gasteiger partial charge in [-0.05, 0) is 45.7 Å². The Balaban J connectivity index is 1.62. The number of hydrogen-bond acceptors (Lipinski definition) is 10. The van der Waals surface area contributed by atoms with Gasteiger partial charge in [-0.15, -0.1) is 0 Å². The summed E-state index contributed by atoms with van der Waals surface area (Å²) in [5.41, 5.74) is -2.21. The molecule has 0 aliphatic heterocycles. The maximum atomic E-state index is 12.8. The second kappa shape index (κ2) is 8.18. The van der Waals surface area contributed by atoms with Gasteiger partial charge in [0.2, 0.25) is 5.95 Å². The zero-order chi connectivity index (χ0) is 26.0. The van der Waals surface area contributed by atoms with Gasteiger partial charge in [-0.3, -0.25) is 0 Å². The van der Waals surface area contributed by atoms with Gasteiger partial charge >= 0.3 is 6.18 Å². The van der Waals surface area contributed by atoms with Gasteiger partial charge in [0.05, 0.1) is 24.0 Å². The fourth-order valence-corrected chi connectivity index (χ4v) is 5.00. The first-order chi connectivity index (χ1) is 16.9. The number of alkyl halides is 3. The van der Waals surface area contributed by atoms with E-state index in [2.05, 4.69) is 25.6 Å². The first-order valence-corrected chi connectivity index (χ1v) is 11.5. The smallest absolute Gasteiger partial charge is 0.405 e. The van der Waals surface area contributed by atoms with Crippen LogP contribution < -0.4 is 15.4 Å². The standard InChI is InChI=1S/C23H26F3N5O5/c1-4-35-19-16-12(7-10(2)28-19)8-14(36-16)15-11(3)29-20(27-9-22(24,25)26)30-18(15)31-21(33)6-5-13-17(32)23(13,21)34/h7-8,13,17,32-34H,4-6,9H2,1-3H3,(H2,27,29,30,31)/t13-,17?,21-,23+/m1/s1. The second-order valence-electron chi connectivity index (χ2n) is 9.26. The first kappa shape index (κ1) is 24.5. The number of nitrogens with zero attached hydrogens (tertiary/aromatic N) is 3. The van der Waals surface area contributed by atoms with E-state index in [-0.39, 0.29) is 41.1 Å². The SMILES string of the molecule is CCOc1nc(C)cc2cc(-c3c(C)nc(NCC(F)(F)F)nc3N[C@@]3(O)CC[C@@H]4C(O)[C@@]43O)oc12. The Morgan fingerprint density at radius 2 is 1.94 bits per heavy atom. The zero-order valence-electron chi connectivity index (χ0n) is 19.8. The van der Waals surface area contributed by atoms with E-state index in [1.165, 1.54) is 0 Å². The zero-order valence-corrected chi connectivity index (χ0v) is 19.8. The van der Waals surface area contributed by atoms with Gasteiger partial charge in [-0.1, -0.05) is 0 Å². The molecule has 0 aromatic carbocycles. The highest BCUT2D eigenvalue weighted by molar-refractivity contribution is 5.89. The topological polar surface area (TPSA) is 146 Å². The van der Waals surface area contributed by atoms with Crippen LogP contribution in [0, 0.1) is 19.8 Å². The Bertz CT molecular complexity index is 1330. The number of aryl methyl sites for hydroxylation is 2. The summed E-state index contributed by atoms with van der Waals surface area (Å²) in [6.45, 7) is 4.14. The molecule has 0 amide bonds. The van der Waals surface area contributed by atoms with E-state index in [0.29, 0.717) is 29.7 Å². The van der Waals surface area contributed by atoms with Gasteiger partial charge in [0.25, 0.3) is 5.88 Å². The van der Waals surface area contributed by atoms with Crippen molar-refractivity contribution in [3.8, 4) is 17.2 Å². The Morgan fingerprint density at radius 1 is 1.19 bits per heavy atom. The molecule has 2 fully saturated rings. The molecule has 3 heterocycles. The molecular formula is C23H26F3N5O5. The summed E-state index contributed by atoms with van der Waals surface area (Å²) < 4.78 is 50.1. The van der Waals surface area contributed by atoms with Crippen molar-refractivity contribution in [3.63, 3.8) is 0 Å². The lowest BCUT2D eigenvalue weighted by atomic mass is 10.0. The number of rotatable bonds is 7. The van der Waals surface area contributed by atoms with Crippen molar-refractivity contribution in [2.24, 2.45) is 5.92 Å².